The van der Waals surface area contributed by atoms with Crippen LogP contribution >= 0.6 is 0 Å². The van der Waals surface area contributed by atoms with Crippen LogP contribution in [0.4, 0.5) is 4.79 Å². The van der Waals surface area contributed by atoms with Gasteiger partial charge in [0.25, 0.3) is 0 Å². The van der Waals surface area contributed by atoms with Crippen molar-refractivity contribution >= 4 is 6.09 Å². The van der Waals surface area contributed by atoms with Gasteiger partial charge < -0.3 is 19.1 Å². The molecule has 0 aliphatic carbocycles. The topological polar surface area (TPSA) is 48.0 Å². The van der Waals surface area contributed by atoms with Gasteiger partial charge in [-0.1, -0.05) is 12.1 Å². The van der Waals surface area contributed by atoms with Crippen LogP contribution in [0.25, 0.3) is 0 Å². The van der Waals surface area contributed by atoms with Crippen LogP contribution in [-0.4, -0.2) is 37.3 Å². The van der Waals surface area contributed by atoms with E-state index in [9.17, 15) is 4.79 Å². The Hall–Kier alpha value is -1.59. The third kappa shape index (κ3) is 3.74. The van der Waals surface area contributed by atoms with E-state index >= 15 is 0 Å². The predicted molar refractivity (Wildman–Crippen MR) is 79.3 cm³/mol. The van der Waals surface area contributed by atoms with E-state index in [2.05, 4.69) is 0 Å². The monoisotopic (exact) mass is 293 g/mol. The molecule has 1 aromatic rings. The molecule has 1 aliphatic heterocycles. The fraction of sp³-hybridized carbons (Fsp3) is 0.562. The number of rotatable bonds is 4. The highest BCUT2D eigenvalue weighted by molar-refractivity contribution is 5.70. The summed E-state index contributed by atoms with van der Waals surface area (Å²) >= 11 is 0. The van der Waals surface area contributed by atoms with Crippen LogP contribution in [-0.2, 0) is 15.3 Å². The van der Waals surface area contributed by atoms with Gasteiger partial charge in [0.1, 0.15) is 5.75 Å². The second-order valence-electron chi connectivity index (χ2n) is 5.06. The Kier molecular flexibility index (Phi) is 5.20. The lowest BCUT2D eigenvalue weighted by molar-refractivity contribution is -0.264. The second kappa shape index (κ2) is 6.91. The van der Waals surface area contributed by atoms with Crippen molar-refractivity contribution in [1.82, 2.24) is 4.90 Å². The fourth-order valence-corrected chi connectivity index (χ4v) is 2.29. The summed E-state index contributed by atoms with van der Waals surface area (Å²) in [7, 11) is 0. The first kappa shape index (κ1) is 15.8. The zero-order valence-electron chi connectivity index (χ0n) is 12.9. The van der Waals surface area contributed by atoms with E-state index in [4.69, 9.17) is 14.2 Å². The van der Waals surface area contributed by atoms with Crippen LogP contribution in [0.3, 0.4) is 0 Å². The molecular weight excluding hydrogens is 270 g/mol. The maximum absolute atomic E-state index is 12.0. The van der Waals surface area contributed by atoms with Crippen molar-refractivity contribution in [3.05, 3.63) is 29.8 Å². The number of benzene rings is 1. The summed E-state index contributed by atoms with van der Waals surface area (Å²) in [6, 6.07) is 7.32. The molecule has 0 aromatic heterocycles. The molecule has 1 heterocycles. The van der Waals surface area contributed by atoms with Gasteiger partial charge in [0.05, 0.1) is 13.2 Å². The minimum Gasteiger partial charge on any atom is -0.410 e. The van der Waals surface area contributed by atoms with Crippen molar-refractivity contribution in [1.29, 1.82) is 0 Å². The van der Waals surface area contributed by atoms with Crippen LogP contribution in [0.1, 0.15) is 32.8 Å². The highest BCUT2D eigenvalue weighted by atomic mass is 16.7. The molecule has 1 amide bonds. The van der Waals surface area contributed by atoms with Crippen molar-refractivity contribution < 1.29 is 19.0 Å². The molecule has 21 heavy (non-hydrogen) atoms. The molecule has 0 saturated carbocycles. The third-order valence-electron chi connectivity index (χ3n) is 3.63. The summed E-state index contributed by atoms with van der Waals surface area (Å²) in [6.07, 6.45) is 0.555. The van der Waals surface area contributed by atoms with Crippen LogP contribution in [0.15, 0.2) is 24.3 Å². The molecule has 1 saturated heterocycles. The summed E-state index contributed by atoms with van der Waals surface area (Å²) in [5, 5.41) is 0. The zero-order chi connectivity index (χ0) is 15.3. The van der Waals surface area contributed by atoms with Crippen LogP contribution in [0.5, 0.6) is 5.75 Å². The average molecular weight is 293 g/mol. The van der Waals surface area contributed by atoms with Crippen molar-refractivity contribution in [2.24, 2.45) is 0 Å². The molecule has 1 aliphatic rings. The summed E-state index contributed by atoms with van der Waals surface area (Å²) in [5.74, 6) is -0.265. The molecule has 1 fully saturated rings. The van der Waals surface area contributed by atoms with Gasteiger partial charge in [-0.15, -0.1) is 0 Å². The van der Waals surface area contributed by atoms with Crippen molar-refractivity contribution in [2.75, 3.05) is 26.3 Å². The first-order valence-corrected chi connectivity index (χ1v) is 7.44. The summed E-state index contributed by atoms with van der Waals surface area (Å²) < 4.78 is 16.9. The lowest BCUT2D eigenvalue weighted by Gasteiger charge is -2.34. The predicted octanol–water partition coefficient (Wildman–Crippen LogP) is 3.14. The maximum atomic E-state index is 12.0. The van der Waals surface area contributed by atoms with Gasteiger partial charge in [0.2, 0.25) is 0 Å². The number of carbonyl (C=O) groups is 1. The van der Waals surface area contributed by atoms with Gasteiger partial charge in [-0.3, -0.25) is 0 Å². The van der Waals surface area contributed by atoms with Gasteiger partial charge in [-0.25, -0.2) is 4.79 Å². The van der Waals surface area contributed by atoms with Gasteiger partial charge >= 0.3 is 6.09 Å². The quantitative estimate of drug-likeness (QED) is 0.855. The molecule has 1 aromatic carbocycles. The Bertz CT molecular complexity index is 479. The molecular formula is C16H23NO4. The maximum Gasteiger partial charge on any atom is 0.415 e. The molecule has 116 valence electrons. The van der Waals surface area contributed by atoms with Crippen LogP contribution < -0.4 is 4.74 Å². The molecule has 2 rings (SSSR count). The standard InChI is InChI=1S/C16H23NO4/c1-4-17(5-2)15(18)21-14-9-6-8-13(12-14)16(3)19-10-7-11-20-16/h6,8-9,12H,4-5,7,10-11H2,1-3H3. The van der Waals surface area contributed by atoms with Gasteiger partial charge in [0, 0.05) is 18.7 Å². The van der Waals surface area contributed by atoms with Crippen molar-refractivity contribution in [2.45, 2.75) is 33.0 Å². The number of ether oxygens (including phenoxy) is 3. The van der Waals surface area contributed by atoms with Crippen LogP contribution in [0, 0.1) is 0 Å². The lowest BCUT2D eigenvalue weighted by Crippen LogP contribution is -2.35. The van der Waals surface area contributed by atoms with Crippen molar-refractivity contribution in [3.8, 4) is 5.75 Å². The number of hydrogen-bond donors (Lipinski definition) is 0. The Labute approximate surface area is 125 Å². The number of nitrogens with zero attached hydrogens (tertiary/aromatic N) is 1. The minimum atomic E-state index is -0.768. The molecule has 0 atom stereocenters. The number of hydrogen-bond acceptors (Lipinski definition) is 4. The highest BCUT2D eigenvalue weighted by Gasteiger charge is 2.31. The first-order chi connectivity index (χ1) is 10.1. The average Bonchev–Trinajstić information content (AvgIpc) is 2.49. The van der Waals surface area contributed by atoms with E-state index in [1.165, 1.54) is 0 Å². The Morgan fingerprint density at radius 2 is 1.95 bits per heavy atom. The van der Waals surface area contributed by atoms with E-state index in [0.29, 0.717) is 32.1 Å². The molecule has 5 heteroatoms. The molecule has 0 unspecified atom stereocenters. The van der Waals surface area contributed by atoms with Gasteiger partial charge in [-0.2, -0.15) is 0 Å². The SMILES string of the molecule is CCN(CC)C(=O)Oc1cccc(C2(C)OCCCO2)c1. The zero-order valence-corrected chi connectivity index (χ0v) is 12.9. The van der Waals surface area contributed by atoms with Crippen LogP contribution in [0.2, 0.25) is 0 Å². The second-order valence-corrected chi connectivity index (χ2v) is 5.06. The molecule has 0 radical (unpaired) electrons. The minimum absolute atomic E-state index is 0.340. The van der Waals surface area contributed by atoms with Crippen molar-refractivity contribution in [3.63, 3.8) is 0 Å². The fourth-order valence-electron chi connectivity index (χ4n) is 2.29. The van der Waals surface area contributed by atoms with E-state index in [1.54, 1.807) is 17.0 Å². The van der Waals surface area contributed by atoms with E-state index in [-0.39, 0.29) is 6.09 Å². The Morgan fingerprint density at radius 1 is 1.29 bits per heavy atom. The Morgan fingerprint density at radius 3 is 2.57 bits per heavy atom. The largest absolute Gasteiger partial charge is 0.415 e. The molecule has 0 N–H and O–H groups in total. The highest BCUT2D eigenvalue weighted by Crippen LogP contribution is 2.32. The number of carbonyl (C=O) groups excluding carboxylic acids is 1. The molecule has 5 nitrogen and oxygen atoms in total. The smallest absolute Gasteiger partial charge is 0.410 e. The third-order valence-corrected chi connectivity index (χ3v) is 3.63. The summed E-state index contributed by atoms with van der Waals surface area (Å²) in [5.41, 5.74) is 0.854. The summed E-state index contributed by atoms with van der Waals surface area (Å²) in [6.45, 7) is 8.31. The van der Waals surface area contributed by atoms with E-state index in [0.717, 1.165) is 12.0 Å². The molecule has 0 bridgehead atoms. The molecule has 0 spiro atoms. The Balaban J connectivity index is 2.12. The normalized spacial score (nSPS) is 17.3. The first-order valence-electron chi connectivity index (χ1n) is 7.44. The van der Waals surface area contributed by atoms with Gasteiger partial charge in [-0.05, 0) is 39.3 Å². The van der Waals surface area contributed by atoms with E-state index in [1.807, 2.05) is 32.9 Å². The lowest BCUT2D eigenvalue weighted by atomic mass is 10.1. The van der Waals surface area contributed by atoms with Gasteiger partial charge in [0.15, 0.2) is 5.79 Å². The van der Waals surface area contributed by atoms with E-state index < -0.39 is 5.79 Å². The number of amides is 1. The summed E-state index contributed by atoms with van der Waals surface area (Å²) in [4.78, 5) is 13.6.